The fraction of sp³-hybridized carbons (Fsp3) is 0.318. The number of hydrogen-bond acceptors (Lipinski definition) is 3. The van der Waals surface area contributed by atoms with E-state index in [4.69, 9.17) is 5.10 Å². The predicted molar refractivity (Wildman–Crippen MR) is 107 cm³/mol. The van der Waals surface area contributed by atoms with Crippen LogP contribution in [0.5, 0.6) is 5.75 Å². The Morgan fingerprint density at radius 1 is 1.04 bits per heavy atom. The van der Waals surface area contributed by atoms with Gasteiger partial charge in [0.1, 0.15) is 11.4 Å². The van der Waals surface area contributed by atoms with Crippen molar-refractivity contribution in [2.24, 2.45) is 0 Å². The molecule has 2 aromatic carbocycles. The molecule has 0 saturated carbocycles. The number of unbranched alkanes of at least 4 members (excludes halogenated alkanes) is 1. The Bertz CT molecular complexity index is 850. The van der Waals surface area contributed by atoms with Crippen molar-refractivity contribution in [2.45, 2.75) is 32.9 Å². The third-order valence-corrected chi connectivity index (χ3v) is 4.39. The van der Waals surface area contributed by atoms with Crippen LogP contribution in [0.15, 0.2) is 54.7 Å². The number of phenolic OH excluding ortho intramolecular Hbond substituents is 1. The molecule has 0 aliphatic rings. The second kappa shape index (κ2) is 8.19. The van der Waals surface area contributed by atoms with Crippen molar-refractivity contribution in [1.82, 2.24) is 14.7 Å². The molecule has 0 radical (unpaired) electrons. The molecule has 0 atom stereocenters. The summed E-state index contributed by atoms with van der Waals surface area (Å²) in [6.45, 7) is 2.93. The lowest BCUT2D eigenvalue weighted by Crippen LogP contribution is -2.17. The van der Waals surface area contributed by atoms with Crippen LogP contribution in [0.1, 0.15) is 25.3 Å². The Balaban J connectivity index is 2.00. The first-order valence-corrected chi connectivity index (χ1v) is 9.17. The number of nitrogens with zero attached hydrogens (tertiary/aromatic N) is 3. The molecule has 26 heavy (non-hydrogen) atoms. The van der Waals surface area contributed by atoms with E-state index in [9.17, 15) is 5.11 Å². The van der Waals surface area contributed by atoms with Gasteiger partial charge in [0.05, 0.1) is 6.67 Å². The van der Waals surface area contributed by atoms with Gasteiger partial charge in [0.2, 0.25) is 0 Å². The Morgan fingerprint density at radius 2 is 1.81 bits per heavy atom. The minimum Gasteiger partial charge on any atom is -0.508 e. The van der Waals surface area contributed by atoms with Gasteiger partial charge in [0, 0.05) is 17.3 Å². The maximum atomic E-state index is 9.86. The van der Waals surface area contributed by atoms with Crippen LogP contribution in [0.2, 0.25) is 0 Å². The standard InChI is InChI=1S/C22H27N3O/c1-4-5-7-17-10-12-18(13-11-17)21-15-25(16-24(2)3)23-22(21)19-8-6-9-20(26)14-19/h6,8-15,26H,4-5,7,16H2,1-3H3. The lowest BCUT2D eigenvalue weighted by atomic mass is 9.99. The van der Waals surface area contributed by atoms with Gasteiger partial charge in [0.25, 0.3) is 0 Å². The molecular formula is C22H27N3O. The smallest absolute Gasteiger partial charge is 0.116 e. The minimum absolute atomic E-state index is 0.255. The molecule has 1 heterocycles. The third-order valence-electron chi connectivity index (χ3n) is 4.39. The lowest BCUT2D eigenvalue weighted by Gasteiger charge is -2.08. The predicted octanol–water partition coefficient (Wildman–Crippen LogP) is 4.78. The number of phenols is 1. The van der Waals surface area contributed by atoms with Crippen LogP contribution in [0.3, 0.4) is 0 Å². The van der Waals surface area contributed by atoms with E-state index in [-0.39, 0.29) is 5.75 Å². The maximum Gasteiger partial charge on any atom is 0.116 e. The molecule has 0 saturated heterocycles. The van der Waals surface area contributed by atoms with E-state index in [1.807, 2.05) is 30.9 Å². The van der Waals surface area contributed by atoms with E-state index in [0.717, 1.165) is 28.8 Å². The number of benzene rings is 2. The lowest BCUT2D eigenvalue weighted by molar-refractivity contribution is 0.307. The summed E-state index contributed by atoms with van der Waals surface area (Å²) < 4.78 is 1.94. The summed E-state index contributed by atoms with van der Waals surface area (Å²) in [5, 5.41) is 14.6. The Kier molecular flexibility index (Phi) is 5.74. The van der Waals surface area contributed by atoms with E-state index < -0.39 is 0 Å². The summed E-state index contributed by atoms with van der Waals surface area (Å²) >= 11 is 0. The van der Waals surface area contributed by atoms with Crippen molar-refractivity contribution >= 4 is 0 Å². The summed E-state index contributed by atoms with van der Waals surface area (Å²) in [7, 11) is 4.05. The molecule has 3 rings (SSSR count). The van der Waals surface area contributed by atoms with Crippen LogP contribution in [-0.2, 0) is 13.1 Å². The third kappa shape index (κ3) is 4.33. The average molecular weight is 349 g/mol. The van der Waals surface area contributed by atoms with Crippen molar-refractivity contribution in [3.63, 3.8) is 0 Å². The minimum atomic E-state index is 0.255. The number of aryl methyl sites for hydroxylation is 1. The van der Waals surface area contributed by atoms with Gasteiger partial charge >= 0.3 is 0 Å². The first-order chi connectivity index (χ1) is 12.6. The molecule has 4 nitrogen and oxygen atoms in total. The zero-order valence-electron chi connectivity index (χ0n) is 15.8. The number of rotatable bonds is 7. The Hall–Kier alpha value is -2.59. The van der Waals surface area contributed by atoms with Crippen LogP contribution < -0.4 is 0 Å². The fourth-order valence-electron chi connectivity index (χ4n) is 3.09. The van der Waals surface area contributed by atoms with Crippen molar-refractivity contribution < 1.29 is 5.11 Å². The van der Waals surface area contributed by atoms with Crippen LogP contribution in [-0.4, -0.2) is 33.9 Å². The molecular weight excluding hydrogens is 322 g/mol. The summed E-state index contributed by atoms with van der Waals surface area (Å²) in [6, 6.07) is 16.1. The Labute approximate surface area is 155 Å². The van der Waals surface area contributed by atoms with Crippen LogP contribution >= 0.6 is 0 Å². The molecule has 0 spiro atoms. The summed E-state index contributed by atoms with van der Waals surface area (Å²) in [5.74, 6) is 0.255. The molecule has 1 aromatic heterocycles. The second-order valence-corrected chi connectivity index (χ2v) is 7.00. The van der Waals surface area contributed by atoms with E-state index in [0.29, 0.717) is 6.67 Å². The summed E-state index contributed by atoms with van der Waals surface area (Å²) in [4.78, 5) is 2.08. The number of hydrogen-bond donors (Lipinski definition) is 1. The molecule has 0 aliphatic heterocycles. The first kappa shape index (κ1) is 18.2. The molecule has 4 heteroatoms. The summed E-state index contributed by atoms with van der Waals surface area (Å²) in [5.41, 5.74) is 5.42. The number of aromatic hydroxyl groups is 1. The highest BCUT2D eigenvalue weighted by Gasteiger charge is 2.14. The van der Waals surface area contributed by atoms with Crippen molar-refractivity contribution in [3.05, 3.63) is 60.3 Å². The van der Waals surface area contributed by atoms with Crippen LogP contribution in [0.25, 0.3) is 22.4 Å². The van der Waals surface area contributed by atoms with Gasteiger partial charge in [-0.3, -0.25) is 9.58 Å². The van der Waals surface area contributed by atoms with Gasteiger partial charge in [-0.2, -0.15) is 5.10 Å². The van der Waals surface area contributed by atoms with Crippen molar-refractivity contribution in [3.8, 4) is 28.1 Å². The molecule has 1 N–H and O–H groups in total. The molecule has 0 amide bonds. The fourth-order valence-corrected chi connectivity index (χ4v) is 3.09. The summed E-state index contributed by atoms with van der Waals surface area (Å²) in [6.07, 6.45) is 5.63. The highest BCUT2D eigenvalue weighted by Crippen LogP contribution is 2.32. The van der Waals surface area contributed by atoms with Crippen LogP contribution in [0, 0.1) is 0 Å². The normalized spacial score (nSPS) is 11.2. The highest BCUT2D eigenvalue weighted by molar-refractivity contribution is 5.80. The zero-order chi connectivity index (χ0) is 18.5. The highest BCUT2D eigenvalue weighted by atomic mass is 16.3. The van der Waals surface area contributed by atoms with E-state index >= 15 is 0 Å². The molecule has 0 bridgehead atoms. The van der Waals surface area contributed by atoms with Gasteiger partial charge in [0.15, 0.2) is 0 Å². The van der Waals surface area contributed by atoms with Gasteiger partial charge in [-0.1, -0.05) is 49.7 Å². The molecule has 0 fully saturated rings. The maximum absolute atomic E-state index is 9.86. The monoisotopic (exact) mass is 349 g/mol. The van der Waals surface area contributed by atoms with Crippen molar-refractivity contribution in [2.75, 3.05) is 14.1 Å². The molecule has 136 valence electrons. The van der Waals surface area contributed by atoms with Crippen molar-refractivity contribution in [1.29, 1.82) is 0 Å². The van der Waals surface area contributed by atoms with E-state index in [1.54, 1.807) is 12.1 Å². The average Bonchev–Trinajstić information content (AvgIpc) is 3.03. The first-order valence-electron chi connectivity index (χ1n) is 9.17. The van der Waals surface area contributed by atoms with Gasteiger partial charge in [-0.05, 0) is 50.2 Å². The van der Waals surface area contributed by atoms with Crippen LogP contribution in [0.4, 0.5) is 0 Å². The SMILES string of the molecule is CCCCc1ccc(-c2cn(CN(C)C)nc2-c2cccc(O)c2)cc1. The largest absolute Gasteiger partial charge is 0.508 e. The molecule has 0 aliphatic carbocycles. The van der Waals surface area contributed by atoms with Gasteiger partial charge < -0.3 is 5.11 Å². The van der Waals surface area contributed by atoms with E-state index in [1.165, 1.54) is 18.4 Å². The second-order valence-electron chi connectivity index (χ2n) is 7.00. The zero-order valence-corrected chi connectivity index (χ0v) is 15.8. The number of aromatic nitrogens is 2. The quantitative estimate of drug-likeness (QED) is 0.667. The molecule has 0 unspecified atom stereocenters. The van der Waals surface area contributed by atoms with Gasteiger partial charge in [-0.15, -0.1) is 0 Å². The topological polar surface area (TPSA) is 41.3 Å². The van der Waals surface area contributed by atoms with Gasteiger partial charge in [-0.25, -0.2) is 0 Å². The van der Waals surface area contributed by atoms with E-state index in [2.05, 4.69) is 42.3 Å². The Morgan fingerprint density at radius 3 is 2.46 bits per heavy atom. The molecule has 3 aromatic rings.